The van der Waals surface area contributed by atoms with Crippen LogP contribution in [-0.4, -0.2) is 65.0 Å². The highest BCUT2D eigenvalue weighted by Gasteiger charge is 2.26. The van der Waals surface area contributed by atoms with E-state index in [1.54, 1.807) is 12.3 Å². The van der Waals surface area contributed by atoms with Crippen LogP contribution < -0.4 is 10.2 Å². The van der Waals surface area contributed by atoms with Gasteiger partial charge in [-0.15, -0.1) is 11.3 Å². The number of nitrogens with one attached hydrogen (secondary N) is 1. The van der Waals surface area contributed by atoms with Gasteiger partial charge in [-0.2, -0.15) is 0 Å². The van der Waals surface area contributed by atoms with Gasteiger partial charge in [-0.25, -0.2) is 15.0 Å². The van der Waals surface area contributed by atoms with Gasteiger partial charge in [0.25, 0.3) is 5.91 Å². The average molecular weight is 439 g/mol. The Morgan fingerprint density at radius 2 is 2.03 bits per heavy atom. The number of amides is 3. The predicted molar refractivity (Wildman–Crippen MR) is 118 cm³/mol. The monoisotopic (exact) mass is 438 g/mol. The summed E-state index contributed by atoms with van der Waals surface area (Å²) in [5.41, 5.74) is 0.740. The van der Waals surface area contributed by atoms with Crippen LogP contribution in [0.3, 0.4) is 0 Å². The van der Waals surface area contributed by atoms with Crippen molar-refractivity contribution in [2.75, 3.05) is 36.4 Å². The molecule has 2 aromatic rings. The maximum Gasteiger partial charge on any atom is 0.262 e. The summed E-state index contributed by atoms with van der Waals surface area (Å²) in [6, 6.07) is 5.82. The molecule has 3 amide bonds. The molecule has 1 fully saturated rings. The molecule has 1 N–H and O–H groups in total. The fraction of sp³-hybridized carbons (Fsp3) is 0.333. The molecule has 4 heterocycles. The standard InChI is InChI=1S/C21H22N6O3S/c28-18(27-12-10-26(11-13-27)17-5-1-2-8-22-17)7-6-15-14-31-21(24-15)25-20(30)16-4-3-9-23-19(16)29/h1-5,8-9,14,16H,6-7,10-13H2,(H,24,25,30). The minimum Gasteiger partial charge on any atom is -0.353 e. The lowest BCUT2D eigenvalue weighted by Crippen LogP contribution is -2.49. The third-order valence-electron chi connectivity index (χ3n) is 5.12. The van der Waals surface area contributed by atoms with Gasteiger partial charge in [-0.1, -0.05) is 12.1 Å². The number of aliphatic imine (C=N–C) groups is 1. The molecule has 1 atom stereocenters. The smallest absolute Gasteiger partial charge is 0.262 e. The van der Waals surface area contributed by atoms with Crippen molar-refractivity contribution < 1.29 is 14.4 Å². The van der Waals surface area contributed by atoms with Gasteiger partial charge in [0.2, 0.25) is 11.8 Å². The Labute approximate surface area is 183 Å². The van der Waals surface area contributed by atoms with Crippen molar-refractivity contribution in [2.45, 2.75) is 12.8 Å². The molecule has 0 aliphatic carbocycles. The van der Waals surface area contributed by atoms with Gasteiger partial charge < -0.3 is 15.1 Å². The average Bonchev–Trinajstić information content (AvgIpc) is 3.25. The van der Waals surface area contributed by atoms with Crippen LogP contribution >= 0.6 is 11.3 Å². The number of piperazine rings is 1. The number of rotatable bonds is 6. The zero-order chi connectivity index (χ0) is 21.6. The van der Waals surface area contributed by atoms with Crippen LogP contribution in [0, 0.1) is 5.92 Å². The number of dihydropyridines is 1. The van der Waals surface area contributed by atoms with Crippen LogP contribution in [0.2, 0.25) is 0 Å². The predicted octanol–water partition coefficient (Wildman–Crippen LogP) is 1.54. The first-order chi connectivity index (χ1) is 15.1. The fourth-order valence-electron chi connectivity index (χ4n) is 3.42. The Bertz CT molecular complexity index is 1010. The number of hydrogen-bond acceptors (Lipinski definition) is 7. The SMILES string of the molecule is O=C1N=CC=CC1C(=O)Nc1nc(CCC(=O)N2CCN(c3ccccn3)CC2)cs1. The van der Waals surface area contributed by atoms with E-state index in [2.05, 4.69) is 25.2 Å². The maximum absolute atomic E-state index is 12.6. The van der Waals surface area contributed by atoms with Crippen molar-refractivity contribution >= 4 is 46.2 Å². The summed E-state index contributed by atoms with van der Waals surface area (Å²) >= 11 is 1.27. The van der Waals surface area contributed by atoms with E-state index in [1.165, 1.54) is 23.6 Å². The van der Waals surface area contributed by atoms with Gasteiger partial charge in [-0.3, -0.25) is 14.4 Å². The van der Waals surface area contributed by atoms with E-state index in [9.17, 15) is 14.4 Å². The third kappa shape index (κ3) is 5.21. The van der Waals surface area contributed by atoms with Crippen LogP contribution in [-0.2, 0) is 20.8 Å². The maximum atomic E-state index is 12.6. The van der Waals surface area contributed by atoms with Gasteiger partial charge in [0.1, 0.15) is 11.7 Å². The van der Waals surface area contributed by atoms with E-state index >= 15 is 0 Å². The molecule has 0 bridgehead atoms. The number of allylic oxidation sites excluding steroid dienone is 1. The summed E-state index contributed by atoms with van der Waals surface area (Å²) < 4.78 is 0. The number of pyridine rings is 1. The van der Waals surface area contributed by atoms with Crippen molar-refractivity contribution in [1.29, 1.82) is 0 Å². The van der Waals surface area contributed by atoms with Crippen LogP contribution in [0.4, 0.5) is 10.9 Å². The second-order valence-corrected chi connectivity index (χ2v) is 8.03. The molecule has 9 nitrogen and oxygen atoms in total. The Balaban J connectivity index is 1.23. The summed E-state index contributed by atoms with van der Waals surface area (Å²) in [4.78, 5) is 52.9. The zero-order valence-electron chi connectivity index (χ0n) is 16.8. The minimum absolute atomic E-state index is 0.0926. The molecule has 2 aliphatic rings. The fourth-order valence-corrected chi connectivity index (χ4v) is 4.17. The highest BCUT2D eigenvalue weighted by molar-refractivity contribution is 7.13. The van der Waals surface area contributed by atoms with E-state index in [1.807, 2.05) is 28.5 Å². The molecule has 0 saturated carbocycles. The van der Waals surface area contributed by atoms with Crippen molar-refractivity contribution in [2.24, 2.45) is 10.9 Å². The number of nitrogens with zero attached hydrogens (tertiary/aromatic N) is 5. The highest BCUT2D eigenvalue weighted by Crippen LogP contribution is 2.19. The number of aryl methyl sites for hydroxylation is 1. The van der Waals surface area contributed by atoms with E-state index in [4.69, 9.17) is 0 Å². The molecular weight excluding hydrogens is 416 g/mol. The lowest BCUT2D eigenvalue weighted by Gasteiger charge is -2.35. The number of carbonyl (C=O) groups is 3. The van der Waals surface area contributed by atoms with E-state index in [-0.39, 0.29) is 5.91 Å². The summed E-state index contributed by atoms with van der Waals surface area (Å²) in [5, 5.41) is 4.88. The largest absolute Gasteiger partial charge is 0.353 e. The molecule has 0 aromatic carbocycles. The van der Waals surface area contributed by atoms with Gasteiger partial charge in [0.05, 0.1) is 5.69 Å². The number of anilines is 2. The van der Waals surface area contributed by atoms with Gasteiger partial charge >= 0.3 is 0 Å². The first kappa shape index (κ1) is 20.9. The van der Waals surface area contributed by atoms with Crippen LogP contribution in [0.1, 0.15) is 12.1 Å². The minimum atomic E-state index is -0.927. The number of carbonyl (C=O) groups excluding carboxylic acids is 3. The molecule has 2 aliphatic heterocycles. The second-order valence-electron chi connectivity index (χ2n) is 7.17. The van der Waals surface area contributed by atoms with Crippen molar-refractivity contribution in [3.63, 3.8) is 0 Å². The Morgan fingerprint density at radius 1 is 1.19 bits per heavy atom. The molecule has 1 unspecified atom stereocenters. The Hall–Kier alpha value is -3.40. The summed E-state index contributed by atoms with van der Waals surface area (Å²) in [5.74, 6) is -0.853. The number of aromatic nitrogens is 2. The van der Waals surface area contributed by atoms with Crippen molar-refractivity contribution in [3.8, 4) is 0 Å². The van der Waals surface area contributed by atoms with Crippen LogP contribution in [0.5, 0.6) is 0 Å². The molecule has 4 rings (SSSR count). The van der Waals surface area contributed by atoms with Gasteiger partial charge in [-0.05, 0) is 24.6 Å². The molecule has 2 aromatic heterocycles. The first-order valence-electron chi connectivity index (χ1n) is 10.0. The Kier molecular flexibility index (Phi) is 6.46. The lowest BCUT2D eigenvalue weighted by atomic mass is 10.1. The normalized spacial score (nSPS) is 18.3. The quantitative estimate of drug-likeness (QED) is 0.686. The molecule has 0 radical (unpaired) electrons. The number of hydrogen-bond donors (Lipinski definition) is 1. The highest BCUT2D eigenvalue weighted by atomic mass is 32.1. The summed E-state index contributed by atoms with van der Waals surface area (Å²) in [7, 11) is 0. The van der Waals surface area contributed by atoms with E-state index in [0.29, 0.717) is 31.1 Å². The molecule has 31 heavy (non-hydrogen) atoms. The van der Waals surface area contributed by atoms with Crippen molar-refractivity contribution in [1.82, 2.24) is 14.9 Å². The molecule has 0 spiro atoms. The first-order valence-corrected chi connectivity index (χ1v) is 10.9. The van der Waals surface area contributed by atoms with Crippen LogP contribution in [0.15, 0.2) is 46.9 Å². The lowest BCUT2D eigenvalue weighted by molar-refractivity contribution is -0.131. The van der Waals surface area contributed by atoms with Crippen molar-refractivity contribution in [3.05, 3.63) is 47.6 Å². The second kappa shape index (κ2) is 9.61. The third-order valence-corrected chi connectivity index (χ3v) is 5.93. The molecular formula is C21H22N6O3S. The van der Waals surface area contributed by atoms with Crippen LogP contribution in [0.25, 0.3) is 0 Å². The number of thiazole rings is 1. The van der Waals surface area contributed by atoms with E-state index < -0.39 is 17.7 Å². The molecule has 10 heteroatoms. The Morgan fingerprint density at radius 3 is 2.77 bits per heavy atom. The topological polar surface area (TPSA) is 108 Å². The summed E-state index contributed by atoms with van der Waals surface area (Å²) in [6.07, 6.45) is 7.07. The van der Waals surface area contributed by atoms with E-state index in [0.717, 1.165) is 24.6 Å². The molecule has 160 valence electrons. The molecule has 1 saturated heterocycles. The van der Waals surface area contributed by atoms with Gasteiger partial charge in [0, 0.05) is 50.4 Å². The zero-order valence-corrected chi connectivity index (χ0v) is 17.6. The van der Waals surface area contributed by atoms with Gasteiger partial charge in [0.15, 0.2) is 5.13 Å². The summed E-state index contributed by atoms with van der Waals surface area (Å²) in [6.45, 7) is 2.85.